The molecule has 36 heavy (non-hydrogen) atoms. The molecule has 0 saturated carbocycles. The summed E-state index contributed by atoms with van der Waals surface area (Å²) < 4.78 is 11.8. The SMILES string of the molecule is COc1ccc(CC(=O)N(C)CC(=O)N(CC(C)C)c2c(N)n(CC(C)C)c(=O)[nH]c2=O)cc1OC. The van der Waals surface area contributed by atoms with Crippen LogP contribution >= 0.6 is 0 Å². The minimum Gasteiger partial charge on any atom is -0.493 e. The van der Waals surface area contributed by atoms with Crippen LogP contribution in [0.1, 0.15) is 33.3 Å². The molecule has 0 unspecified atom stereocenters. The molecular weight excluding hydrogens is 466 g/mol. The monoisotopic (exact) mass is 503 g/mol. The predicted octanol–water partition coefficient (Wildman–Crippen LogP) is 1.48. The maximum atomic E-state index is 13.4. The fourth-order valence-corrected chi connectivity index (χ4v) is 3.74. The highest BCUT2D eigenvalue weighted by Crippen LogP contribution is 2.28. The summed E-state index contributed by atoms with van der Waals surface area (Å²) in [5.41, 5.74) is 5.47. The Morgan fingerprint density at radius 2 is 1.67 bits per heavy atom. The molecule has 11 heteroatoms. The van der Waals surface area contributed by atoms with Crippen LogP contribution in [0.15, 0.2) is 27.8 Å². The zero-order valence-corrected chi connectivity index (χ0v) is 22.1. The van der Waals surface area contributed by atoms with Crippen molar-refractivity contribution in [1.29, 1.82) is 0 Å². The lowest BCUT2D eigenvalue weighted by atomic mass is 10.1. The van der Waals surface area contributed by atoms with Crippen LogP contribution in [0.4, 0.5) is 11.5 Å². The zero-order valence-electron chi connectivity index (χ0n) is 22.1. The highest BCUT2D eigenvalue weighted by atomic mass is 16.5. The number of likely N-dealkylation sites (N-methyl/N-ethyl adjacent to an activating group) is 1. The van der Waals surface area contributed by atoms with Crippen molar-refractivity contribution in [2.75, 3.05) is 45.0 Å². The fraction of sp³-hybridized carbons (Fsp3) is 0.520. The molecule has 0 aliphatic heterocycles. The highest BCUT2D eigenvalue weighted by molar-refractivity contribution is 5.98. The van der Waals surface area contributed by atoms with Gasteiger partial charge in [0, 0.05) is 20.1 Å². The van der Waals surface area contributed by atoms with Gasteiger partial charge < -0.3 is 25.0 Å². The number of hydrogen-bond acceptors (Lipinski definition) is 7. The van der Waals surface area contributed by atoms with Crippen LogP contribution in [0, 0.1) is 11.8 Å². The van der Waals surface area contributed by atoms with E-state index in [4.69, 9.17) is 15.2 Å². The van der Waals surface area contributed by atoms with Crippen molar-refractivity contribution >= 4 is 23.3 Å². The summed E-state index contributed by atoms with van der Waals surface area (Å²) in [6.45, 7) is 7.79. The van der Waals surface area contributed by atoms with Gasteiger partial charge in [-0.1, -0.05) is 33.8 Å². The number of benzene rings is 1. The first kappa shape index (κ1) is 28.5. The van der Waals surface area contributed by atoms with Crippen LogP contribution in [0.2, 0.25) is 0 Å². The average molecular weight is 504 g/mol. The number of carbonyl (C=O) groups excluding carboxylic acids is 2. The normalized spacial score (nSPS) is 11.0. The Hall–Kier alpha value is -3.76. The van der Waals surface area contributed by atoms with Crippen molar-refractivity contribution in [3.63, 3.8) is 0 Å². The number of anilines is 2. The summed E-state index contributed by atoms with van der Waals surface area (Å²) in [6, 6.07) is 5.16. The maximum Gasteiger partial charge on any atom is 0.330 e. The average Bonchev–Trinajstić information content (AvgIpc) is 2.80. The number of nitrogens with two attached hydrogens (primary N) is 1. The van der Waals surface area contributed by atoms with E-state index in [1.54, 1.807) is 18.2 Å². The van der Waals surface area contributed by atoms with E-state index in [9.17, 15) is 19.2 Å². The molecule has 0 aliphatic carbocycles. The molecule has 0 radical (unpaired) electrons. The zero-order chi connectivity index (χ0) is 27.2. The number of aromatic nitrogens is 2. The van der Waals surface area contributed by atoms with E-state index in [0.717, 1.165) is 0 Å². The minimum atomic E-state index is -0.745. The van der Waals surface area contributed by atoms with E-state index in [1.807, 2.05) is 27.7 Å². The molecular formula is C25H37N5O6. The molecule has 198 valence electrons. The Bertz CT molecular complexity index is 1200. The number of nitrogen functional groups attached to an aromatic ring is 1. The van der Waals surface area contributed by atoms with Gasteiger partial charge in [0.15, 0.2) is 17.2 Å². The third-order valence-electron chi connectivity index (χ3n) is 5.48. The Morgan fingerprint density at radius 1 is 1.03 bits per heavy atom. The Labute approximate surface area is 210 Å². The molecule has 0 fully saturated rings. The van der Waals surface area contributed by atoms with Crippen LogP contribution in [-0.4, -0.2) is 60.6 Å². The maximum absolute atomic E-state index is 13.4. The van der Waals surface area contributed by atoms with Crippen molar-refractivity contribution in [2.24, 2.45) is 11.8 Å². The van der Waals surface area contributed by atoms with Gasteiger partial charge in [-0.15, -0.1) is 0 Å². The van der Waals surface area contributed by atoms with Gasteiger partial charge >= 0.3 is 5.69 Å². The fourth-order valence-electron chi connectivity index (χ4n) is 3.74. The highest BCUT2D eigenvalue weighted by Gasteiger charge is 2.27. The molecule has 3 N–H and O–H groups in total. The number of carbonyl (C=O) groups is 2. The second-order valence-electron chi connectivity index (χ2n) is 9.51. The van der Waals surface area contributed by atoms with E-state index in [-0.39, 0.29) is 55.3 Å². The predicted molar refractivity (Wildman–Crippen MR) is 139 cm³/mol. The molecule has 2 aromatic rings. The summed E-state index contributed by atoms with van der Waals surface area (Å²) >= 11 is 0. The molecule has 2 rings (SSSR count). The molecule has 2 amide bonds. The van der Waals surface area contributed by atoms with Crippen LogP contribution in [0.25, 0.3) is 0 Å². The smallest absolute Gasteiger partial charge is 0.330 e. The number of nitrogens with zero attached hydrogens (tertiary/aromatic N) is 3. The molecule has 0 saturated heterocycles. The first-order chi connectivity index (χ1) is 16.9. The number of hydrogen-bond donors (Lipinski definition) is 2. The third-order valence-corrected chi connectivity index (χ3v) is 5.48. The number of ether oxygens (including phenoxy) is 2. The van der Waals surface area contributed by atoms with E-state index < -0.39 is 17.2 Å². The lowest BCUT2D eigenvalue weighted by Crippen LogP contribution is -2.47. The van der Waals surface area contributed by atoms with Crippen LogP contribution in [0.5, 0.6) is 11.5 Å². The van der Waals surface area contributed by atoms with Crippen molar-refractivity contribution in [1.82, 2.24) is 14.5 Å². The third kappa shape index (κ3) is 6.89. The largest absolute Gasteiger partial charge is 0.493 e. The van der Waals surface area contributed by atoms with Gasteiger partial charge in [0.05, 0.1) is 27.2 Å². The van der Waals surface area contributed by atoms with Crippen LogP contribution < -0.4 is 31.4 Å². The Balaban J connectivity index is 2.31. The topological polar surface area (TPSA) is 140 Å². The number of rotatable bonds is 11. The van der Waals surface area contributed by atoms with Crippen LogP contribution in [-0.2, 0) is 22.6 Å². The number of methoxy groups -OCH3 is 2. The van der Waals surface area contributed by atoms with Crippen LogP contribution in [0.3, 0.4) is 0 Å². The Kier molecular flexibility index (Phi) is 9.71. The molecule has 0 atom stereocenters. The van der Waals surface area contributed by atoms with Crippen molar-refractivity contribution in [3.05, 3.63) is 44.6 Å². The molecule has 1 aromatic heterocycles. The van der Waals surface area contributed by atoms with E-state index in [1.165, 1.54) is 35.6 Å². The summed E-state index contributed by atoms with van der Waals surface area (Å²) in [4.78, 5) is 56.2. The number of amides is 2. The van der Waals surface area contributed by atoms with Crippen molar-refractivity contribution < 1.29 is 19.1 Å². The number of H-pyrrole nitrogens is 1. The quantitative estimate of drug-likeness (QED) is 0.473. The molecule has 1 aromatic carbocycles. The molecule has 0 spiro atoms. The summed E-state index contributed by atoms with van der Waals surface area (Å²) in [5, 5.41) is 0. The van der Waals surface area contributed by atoms with Gasteiger partial charge in [-0.3, -0.25) is 23.9 Å². The van der Waals surface area contributed by atoms with E-state index >= 15 is 0 Å². The van der Waals surface area contributed by atoms with Crippen molar-refractivity contribution in [2.45, 2.75) is 40.7 Å². The lowest BCUT2D eigenvalue weighted by molar-refractivity contribution is -0.133. The second-order valence-corrected chi connectivity index (χ2v) is 9.51. The van der Waals surface area contributed by atoms with Gasteiger partial charge in [-0.05, 0) is 29.5 Å². The van der Waals surface area contributed by atoms with Gasteiger partial charge in [-0.2, -0.15) is 0 Å². The van der Waals surface area contributed by atoms with Gasteiger partial charge in [0.2, 0.25) is 11.8 Å². The molecule has 11 nitrogen and oxygen atoms in total. The van der Waals surface area contributed by atoms with Gasteiger partial charge in [0.1, 0.15) is 5.82 Å². The second kappa shape index (κ2) is 12.3. The minimum absolute atomic E-state index is 0.00833. The summed E-state index contributed by atoms with van der Waals surface area (Å²) in [6.07, 6.45) is 0.0380. The molecule has 1 heterocycles. The molecule has 0 bridgehead atoms. The summed E-state index contributed by atoms with van der Waals surface area (Å²) in [7, 11) is 4.55. The van der Waals surface area contributed by atoms with E-state index in [0.29, 0.717) is 17.1 Å². The number of nitrogens with one attached hydrogen (secondary N) is 1. The Morgan fingerprint density at radius 3 is 2.22 bits per heavy atom. The van der Waals surface area contributed by atoms with Gasteiger partial charge in [0.25, 0.3) is 5.56 Å². The van der Waals surface area contributed by atoms with Gasteiger partial charge in [-0.25, -0.2) is 4.79 Å². The molecule has 0 aliphatic rings. The van der Waals surface area contributed by atoms with E-state index in [2.05, 4.69) is 4.98 Å². The number of aromatic amines is 1. The summed E-state index contributed by atoms with van der Waals surface area (Å²) in [5.74, 6) is 0.250. The van der Waals surface area contributed by atoms with Crippen molar-refractivity contribution in [3.8, 4) is 11.5 Å². The first-order valence-electron chi connectivity index (χ1n) is 11.8. The standard InChI is InChI=1S/C25H37N5O6/c1-15(2)12-29(22-23(26)30(13-16(3)4)25(34)27-24(22)33)21(32)14-28(5)20(31)11-17-8-9-18(35-6)19(10-17)36-7/h8-10,15-16H,11-14,26H2,1-7H3,(H,27,33,34). The first-order valence-corrected chi connectivity index (χ1v) is 11.8. The lowest BCUT2D eigenvalue weighted by Gasteiger charge is -2.28.